The van der Waals surface area contributed by atoms with E-state index in [1.54, 1.807) is 6.92 Å². The third-order valence-corrected chi connectivity index (χ3v) is 1.28. The summed E-state index contributed by atoms with van der Waals surface area (Å²) in [4.78, 5) is 0. The predicted octanol–water partition coefficient (Wildman–Crippen LogP) is 2.02. The van der Waals surface area contributed by atoms with Gasteiger partial charge in [0.1, 0.15) is 0 Å². The molecule has 0 aliphatic rings. The van der Waals surface area contributed by atoms with Gasteiger partial charge in [0, 0.05) is 5.71 Å². The Morgan fingerprint density at radius 1 is 1.75 bits per heavy atom. The van der Waals surface area contributed by atoms with Crippen LogP contribution in [-0.2, 0) is 0 Å². The molecule has 1 nitrogen and oxygen atoms in total. The van der Waals surface area contributed by atoms with Crippen molar-refractivity contribution in [1.29, 1.82) is 5.41 Å². The van der Waals surface area contributed by atoms with E-state index in [2.05, 4.69) is 0 Å². The number of hydrogen-bond donors (Lipinski definition) is 1. The Balaban J connectivity index is 3.32. The van der Waals surface area contributed by atoms with E-state index in [1.807, 2.05) is 6.92 Å². The van der Waals surface area contributed by atoms with Crippen LogP contribution in [0.5, 0.6) is 0 Å². The van der Waals surface area contributed by atoms with Gasteiger partial charge in [-0.15, -0.1) is 0 Å². The van der Waals surface area contributed by atoms with Crippen molar-refractivity contribution in [2.24, 2.45) is 5.92 Å². The van der Waals surface area contributed by atoms with E-state index >= 15 is 0 Å². The van der Waals surface area contributed by atoms with Gasteiger partial charge in [0.05, 0.1) is 6.67 Å². The van der Waals surface area contributed by atoms with Crippen molar-refractivity contribution < 1.29 is 4.39 Å². The highest BCUT2D eigenvalue weighted by atomic mass is 19.1. The Kier molecular flexibility index (Phi) is 3.40. The summed E-state index contributed by atoms with van der Waals surface area (Å²) < 4.78 is 11.5. The lowest BCUT2D eigenvalue weighted by Gasteiger charge is -2.03. The molecular formula is C6H12FN. The van der Waals surface area contributed by atoms with Crippen LogP contribution in [0.3, 0.4) is 0 Å². The second kappa shape index (κ2) is 3.58. The first kappa shape index (κ1) is 7.60. The van der Waals surface area contributed by atoms with E-state index in [-0.39, 0.29) is 12.6 Å². The van der Waals surface area contributed by atoms with Crippen molar-refractivity contribution in [2.45, 2.75) is 20.3 Å². The molecule has 0 amide bonds. The monoisotopic (exact) mass is 117 g/mol. The Labute approximate surface area is 49.4 Å². The third kappa shape index (κ3) is 2.72. The maximum atomic E-state index is 11.5. The molecule has 1 N–H and O–H groups in total. The molecule has 0 saturated heterocycles. The summed E-state index contributed by atoms with van der Waals surface area (Å²) in [5.41, 5.74) is 0.572. The van der Waals surface area contributed by atoms with Gasteiger partial charge in [0.15, 0.2) is 0 Å². The Bertz CT molecular complexity index is 80.6. The van der Waals surface area contributed by atoms with Gasteiger partial charge in [-0.3, -0.25) is 4.39 Å². The molecule has 0 aliphatic carbocycles. The minimum absolute atomic E-state index is 0.125. The topological polar surface area (TPSA) is 23.9 Å². The van der Waals surface area contributed by atoms with E-state index in [0.717, 1.165) is 0 Å². The molecule has 0 aromatic carbocycles. The molecule has 0 aliphatic heterocycles. The molecule has 8 heavy (non-hydrogen) atoms. The van der Waals surface area contributed by atoms with Crippen LogP contribution in [0.4, 0.5) is 4.39 Å². The van der Waals surface area contributed by atoms with Crippen LogP contribution in [0.15, 0.2) is 0 Å². The summed E-state index contributed by atoms with van der Waals surface area (Å²) in [7, 11) is 0. The van der Waals surface area contributed by atoms with E-state index < -0.39 is 0 Å². The fourth-order valence-corrected chi connectivity index (χ4v) is 0.380. The standard InChI is InChI=1S/C6H12FN/c1-5(3-4-7)6(2)8/h5,8H,3-4H2,1-2H3. The smallest absolute Gasteiger partial charge is 0.0900 e. The first-order chi connectivity index (χ1) is 3.68. The van der Waals surface area contributed by atoms with Gasteiger partial charge < -0.3 is 5.41 Å². The average Bonchev–Trinajstić information content (AvgIpc) is 1.67. The van der Waals surface area contributed by atoms with Crippen LogP contribution in [0.1, 0.15) is 20.3 Å². The van der Waals surface area contributed by atoms with Crippen molar-refractivity contribution >= 4 is 5.71 Å². The van der Waals surface area contributed by atoms with Gasteiger partial charge in [0.2, 0.25) is 0 Å². The number of alkyl halides is 1. The maximum absolute atomic E-state index is 11.5. The van der Waals surface area contributed by atoms with E-state index in [9.17, 15) is 4.39 Å². The van der Waals surface area contributed by atoms with Crippen molar-refractivity contribution in [3.8, 4) is 0 Å². The maximum Gasteiger partial charge on any atom is 0.0900 e. The Hall–Kier alpha value is -0.400. The van der Waals surface area contributed by atoms with Crippen molar-refractivity contribution in [3.63, 3.8) is 0 Å². The largest absolute Gasteiger partial charge is 0.310 e. The summed E-state index contributed by atoms with van der Waals surface area (Å²) in [5.74, 6) is 0.125. The summed E-state index contributed by atoms with van der Waals surface area (Å²) in [5, 5.41) is 7.04. The fraction of sp³-hybridized carbons (Fsp3) is 0.833. The van der Waals surface area contributed by atoms with Gasteiger partial charge in [0.25, 0.3) is 0 Å². The van der Waals surface area contributed by atoms with Crippen molar-refractivity contribution in [1.82, 2.24) is 0 Å². The zero-order valence-electron chi connectivity index (χ0n) is 5.37. The molecule has 0 heterocycles. The summed E-state index contributed by atoms with van der Waals surface area (Å²) in [6.45, 7) is 3.26. The first-order valence-electron chi connectivity index (χ1n) is 2.79. The second-order valence-corrected chi connectivity index (χ2v) is 2.06. The molecule has 0 aromatic rings. The molecule has 2 heteroatoms. The van der Waals surface area contributed by atoms with Crippen LogP contribution in [-0.4, -0.2) is 12.4 Å². The Morgan fingerprint density at radius 2 is 2.25 bits per heavy atom. The highest BCUT2D eigenvalue weighted by Gasteiger charge is 2.01. The molecule has 0 saturated carbocycles. The van der Waals surface area contributed by atoms with Crippen LogP contribution in [0.2, 0.25) is 0 Å². The van der Waals surface area contributed by atoms with Gasteiger partial charge in [-0.1, -0.05) is 6.92 Å². The van der Waals surface area contributed by atoms with E-state index in [0.29, 0.717) is 12.1 Å². The van der Waals surface area contributed by atoms with E-state index in [4.69, 9.17) is 5.41 Å². The zero-order valence-corrected chi connectivity index (χ0v) is 5.37. The summed E-state index contributed by atoms with van der Waals surface area (Å²) >= 11 is 0. The van der Waals surface area contributed by atoms with Crippen LogP contribution in [0, 0.1) is 11.3 Å². The summed E-state index contributed by atoms with van der Waals surface area (Å²) in [6.07, 6.45) is 0.495. The molecule has 0 fully saturated rings. The van der Waals surface area contributed by atoms with E-state index in [1.165, 1.54) is 0 Å². The zero-order chi connectivity index (χ0) is 6.57. The second-order valence-electron chi connectivity index (χ2n) is 2.06. The highest BCUT2D eigenvalue weighted by molar-refractivity contribution is 5.80. The van der Waals surface area contributed by atoms with Gasteiger partial charge >= 0.3 is 0 Å². The van der Waals surface area contributed by atoms with Gasteiger partial charge in [-0.25, -0.2) is 0 Å². The van der Waals surface area contributed by atoms with Crippen molar-refractivity contribution in [2.75, 3.05) is 6.67 Å². The minimum Gasteiger partial charge on any atom is -0.310 e. The molecule has 1 atom stereocenters. The Morgan fingerprint density at radius 3 is 2.38 bits per heavy atom. The molecular weight excluding hydrogens is 105 g/mol. The number of halogens is 1. The van der Waals surface area contributed by atoms with Gasteiger partial charge in [-0.2, -0.15) is 0 Å². The third-order valence-electron chi connectivity index (χ3n) is 1.28. The molecule has 0 rings (SSSR count). The molecule has 0 aromatic heterocycles. The average molecular weight is 117 g/mol. The number of rotatable bonds is 3. The normalized spacial score (nSPS) is 13.4. The number of hydrogen-bond acceptors (Lipinski definition) is 1. The molecule has 48 valence electrons. The minimum atomic E-state index is -0.308. The number of nitrogens with one attached hydrogen (secondary N) is 1. The molecule has 0 radical (unpaired) electrons. The van der Waals surface area contributed by atoms with Crippen LogP contribution in [0.25, 0.3) is 0 Å². The van der Waals surface area contributed by atoms with Gasteiger partial charge in [-0.05, 0) is 19.3 Å². The fourth-order valence-electron chi connectivity index (χ4n) is 0.380. The lowest BCUT2D eigenvalue weighted by molar-refractivity contribution is 0.445. The lowest BCUT2D eigenvalue weighted by atomic mass is 10.0. The van der Waals surface area contributed by atoms with Crippen LogP contribution < -0.4 is 0 Å². The quantitative estimate of drug-likeness (QED) is 0.547. The SMILES string of the molecule is CC(=N)C(C)CCF. The molecule has 1 unspecified atom stereocenters. The lowest BCUT2D eigenvalue weighted by Crippen LogP contribution is -2.05. The predicted molar refractivity (Wildman–Crippen MR) is 33.2 cm³/mol. The highest BCUT2D eigenvalue weighted by Crippen LogP contribution is 2.02. The van der Waals surface area contributed by atoms with Crippen LogP contribution >= 0.6 is 0 Å². The van der Waals surface area contributed by atoms with Crippen molar-refractivity contribution in [3.05, 3.63) is 0 Å². The molecule has 0 bridgehead atoms. The first-order valence-corrected chi connectivity index (χ1v) is 2.79. The molecule has 0 spiro atoms. The summed E-state index contributed by atoms with van der Waals surface area (Å²) in [6, 6.07) is 0.